The normalized spacial score (nSPS) is 11.0. The van der Waals surface area contributed by atoms with Gasteiger partial charge in [0.05, 0.1) is 6.61 Å². The Kier molecular flexibility index (Phi) is 8.51. The minimum atomic E-state index is 0.328. The van der Waals surface area contributed by atoms with E-state index in [9.17, 15) is 5.11 Å². The molecule has 2 heteroatoms. The van der Waals surface area contributed by atoms with E-state index in [4.69, 9.17) is 4.74 Å². The average molecular weight is 328 g/mol. The van der Waals surface area contributed by atoms with Crippen LogP contribution in [0.3, 0.4) is 0 Å². The second-order valence-corrected chi connectivity index (χ2v) is 6.69. The molecule has 0 aliphatic heterocycles. The highest BCUT2D eigenvalue weighted by Crippen LogP contribution is 2.27. The van der Waals surface area contributed by atoms with Gasteiger partial charge in [-0.3, -0.25) is 0 Å². The number of phenols is 1. The first-order valence-electron chi connectivity index (χ1n) is 9.66. The fourth-order valence-corrected chi connectivity index (χ4v) is 3.11. The Morgan fingerprint density at radius 2 is 1.46 bits per heavy atom. The molecule has 0 amide bonds. The largest absolute Gasteiger partial charge is 0.507 e. The van der Waals surface area contributed by atoms with Crippen molar-refractivity contribution < 1.29 is 9.84 Å². The highest BCUT2D eigenvalue weighted by molar-refractivity contribution is 5.89. The monoisotopic (exact) mass is 328 g/mol. The Morgan fingerprint density at radius 1 is 0.792 bits per heavy atom. The van der Waals surface area contributed by atoms with Crippen molar-refractivity contribution in [3.05, 3.63) is 36.4 Å². The molecule has 0 saturated carbocycles. The Labute approximate surface area is 146 Å². The maximum Gasteiger partial charge on any atom is 0.123 e. The van der Waals surface area contributed by atoms with Gasteiger partial charge in [0.15, 0.2) is 0 Å². The quantitative estimate of drug-likeness (QED) is 0.432. The summed E-state index contributed by atoms with van der Waals surface area (Å²) in [4.78, 5) is 0. The topological polar surface area (TPSA) is 29.5 Å². The van der Waals surface area contributed by atoms with Crippen LogP contribution < -0.4 is 4.74 Å². The molecule has 132 valence electrons. The van der Waals surface area contributed by atoms with Gasteiger partial charge in [-0.2, -0.15) is 0 Å². The lowest BCUT2D eigenvalue weighted by molar-refractivity contribution is 0.304. The number of hydrogen-bond acceptors (Lipinski definition) is 2. The fourth-order valence-electron chi connectivity index (χ4n) is 3.11. The number of hydrogen-bond donors (Lipinski definition) is 1. The van der Waals surface area contributed by atoms with Crippen LogP contribution >= 0.6 is 0 Å². The van der Waals surface area contributed by atoms with Gasteiger partial charge in [0, 0.05) is 5.39 Å². The molecule has 2 rings (SSSR count). The van der Waals surface area contributed by atoms with Gasteiger partial charge in [0.25, 0.3) is 0 Å². The number of rotatable bonds is 12. The van der Waals surface area contributed by atoms with Gasteiger partial charge in [-0.15, -0.1) is 0 Å². The molecule has 0 atom stereocenters. The van der Waals surface area contributed by atoms with Crippen LogP contribution in [0.2, 0.25) is 0 Å². The molecule has 0 fully saturated rings. The number of phenolic OH excluding ortho intramolecular Hbond substituents is 1. The van der Waals surface area contributed by atoms with Gasteiger partial charge >= 0.3 is 0 Å². The second-order valence-electron chi connectivity index (χ2n) is 6.69. The smallest absolute Gasteiger partial charge is 0.123 e. The molecule has 0 bridgehead atoms. The first-order valence-corrected chi connectivity index (χ1v) is 9.66. The van der Waals surface area contributed by atoms with Gasteiger partial charge in [0.2, 0.25) is 0 Å². The number of fused-ring (bicyclic) bond motifs is 1. The van der Waals surface area contributed by atoms with Crippen molar-refractivity contribution in [2.45, 2.75) is 71.1 Å². The van der Waals surface area contributed by atoms with E-state index in [0.717, 1.165) is 29.5 Å². The average Bonchev–Trinajstić information content (AvgIpc) is 2.60. The summed E-state index contributed by atoms with van der Waals surface area (Å²) in [5, 5.41) is 11.7. The highest BCUT2D eigenvalue weighted by Gasteiger charge is 2.01. The van der Waals surface area contributed by atoms with E-state index in [0.29, 0.717) is 5.75 Å². The Bertz CT molecular complexity index is 592. The van der Waals surface area contributed by atoms with E-state index in [1.165, 1.54) is 57.8 Å². The number of benzene rings is 2. The standard InChI is InChI=1S/C22H32O2/c1-2-3-4-5-6-7-8-9-10-11-17-24-20-15-16-21-19(18-20)13-12-14-22(21)23/h12-16,18,23H,2-11,17H2,1H3. The molecular formula is C22H32O2. The zero-order chi connectivity index (χ0) is 17.0. The van der Waals surface area contributed by atoms with E-state index in [2.05, 4.69) is 6.92 Å². The Morgan fingerprint density at radius 3 is 2.17 bits per heavy atom. The third-order valence-corrected chi connectivity index (χ3v) is 4.60. The predicted molar refractivity (Wildman–Crippen MR) is 103 cm³/mol. The van der Waals surface area contributed by atoms with Crippen molar-refractivity contribution in [1.29, 1.82) is 0 Å². The summed E-state index contributed by atoms with van der Waals surface area (Å²) < 4.78 is 5.84. The zero-order valence-electron chi connectivity index (χ0n) is 15.1. The lowest BCUT2D eigenvalue weighted by atomic mass is 10.1. The van der Waals surface area contributed by atoms with Gasteiger partial charge in [-0.25, -0.2) is 0 Å². The van der Waals surface area contributed by atoms with Gasteiger partial charge in [0.1, 0.15) is 11.5 Å². The summed E-state index contributed by atoms with van der Waals surface area (Å²) in [5.41, 5.74) is 0. The van der Waals surface area contributed by atoms with Gasteiger partial charge in [-0.1, -0.05) is 76.8 Å². The third kappa shape index (κ3) is 6.43. The van der Waals surface area contributed by atoms with Crippen LogP contribution in [0.1, 0.15) is 71.1 Å². The maximum atomic E-state index is 9.80. The summed E-state index contributed by atoms with van der Waals surface area (Å²) in [6, 6.07) is 11.5. The van der Waals surface area contributed by atoms with Crippen LogP contribution in [0.5, 0.6) is 11.5 Å². The van der Waals surface area contributed by atoms with Crippen LogP contribution in [0.4, 0.5) is 0 Å². The molecule has 2 aromatic carbocycles. The third-order valence-electron chi connectivity index (χ3n) is 4.60. The summed E-state index contributed by atoms with van der Waals surface area (Å²) in [6.07, 6.45) is 13.4. The summed E-state index contributed by atoms with van der Waals surface area (Å²) in [5.74, 6) is 1.22. The maximum absolute atomic E-state index is 9.80. The molecule has 24 heavy (non-hydrogen) atoms. The Hall–Kier alpha value is -1.70. The lowest BCUT2D eigenvalue weighted by Crippen LogP contribution is -1.97. The number of ether oxygens (including phenoxy) is 1. The fraction of sp³-hybridized carbons (Fsp3) is 0.545. The molecule has 0 saturated heterocycles. The van der Waals surface area contributed by atoms with Crippen molar-refractivity contribution in [2.24, 2.45) is 0 Å². The van der Waals surface area contributed by atoms with Crippen LogP contribution in [0.25, 0.3) is 10.8 Å². The molecule has 0 aromatic heterocycles. The van der Waals surface area contributed by atoms with E-state index < -0.39 is 0 Å². The van der Waals surface area contributed by atoms with Crippen molar-refractivity contribution >= 4 is 10.8 Å². The summed E-state index contributed by atoms with van der Waals surface area (Å²) in [6.45, 7) is 3.05. The van der Waals surface area contributed by atoms with E-state index in [-0.39, 0.29) is 0 Å². The number of unbranched alkanes of at least 4 members (excludes halogenated alkanes) is 9. The number of aromatic hydroxyl groups is 1. The van der Waals surface area contributed by atoms with Crippen LogP contribution in [0.15, 0.2) is 36.4 Å². The molecule has 0 heterocycles. The predicted octanol–water partition coefficient (Wildman–Crippen LogP) is 6.85. The molecule has 0 spiro atoms. The lowest BCUT2D eigenvalue weighted by Gasteiger charge is -2.08. The van der Waals surface area contributed by atoms with E-state index in [1.807, 2.05) is 30.3 Å². The van der Waals surface area contributed by atoms with Crippen LogP contribution in [0, 0.1) is 0 Å². The first kappa shape index (κ1) is 18.6. The van der Waals surface area contributed by atoms with Crippen molar-refractivity contribution in [2.75, 3.05) is 6.61 Å². The van der Waals surface area contributed by atoms with Crippen molar-refractivity contribution in [3.63, 3.8) is 0 Å². The van der Waals surface area contributed by atoms with Crippen LogP contribution in [-0.4, -0.2) is 11.7 Å². The second kappa shape index (κ2) is 11.0. The first-order chi connectivity index (χ1) is 11.8. The molecule has 2 nitrogen and oxygen atoms in total. The molecule has 0 aliphatic rings. The van der Waals surface area contributed by atoms with E-state index in [1.54, 1.807) is 6.07 Å². The van der Waals surface area contributed by atoms with Crippen molar-refractivity contribution in [1.82, 2.24) is 0 Å². The molecule has 2 aromatic rings. The molecule has 0 radical (unpaired) electrons. The zero-order valence-corrected chi connectivity index (χ0v) is 15.1. The van der Waals surface area contributed by atoms with Crippen LogP contribution in [-0.2, 0) is 0 Å². The SMILES string of the molecule is CCCCCCCCCCCCOc1ccc2c(O)cccc2c1. The van der Waals surface area contributed by atoms with Gasteiger partial charge in [-0.05, 0) is 36.1 Å². The van der Waals surface area contributed by atoms with Crippen molar-refractivity contribution in [3.8, 4) is 11.5 Å². The molecule has 1 N–H and O–H groups in total. The van der Waals surface area contributed by atoms with E-state index >= 15 is 0 Å². The minimum Gasteiger partial charge on any atom is -0.507 e. The molecular weight excluding hydrogens is 296 g/mol. The minimum absolute atomic E-state index is 0.328. The molecule has 0 unspecified atom stereocenters. The summed E-state index contributed by atoms with van der Waals surface area (Å²) >= 11 is 0. The molecule has 0 aliphatic carbocycles. The Balaban J connectivity index is 1.55. The summed E-state index contributed by atoms with van der Waals surface area (Å²) in [7, 11) is 0. The highest BCUT2D eigenvalue weighted by atomic mass is 16.5. The van der Waals surface area contributed by atoms with Gasteiger partial charge < -0.3 is 9.84 Å².